The minimum Gasteiger partial charge on any atom is -0.462 e. The fraction of sp³-hybridized carbons (Fsp3) is 0.800. The molecule has 1 amide bonds. The van der Waals surface area contributed by atoms with Crippen molar-refractivity contribution in [3.05, 3.63) is 12.3 Å². The maximum absolute atomic E-state index is 12.4. The van der Waals surface area contributed by atoms with Crippen molar-refractivity contribution in [3.63, 3.8) is 0 Å². The van der Waals surface area contributed by atoms with Gasteiger partial charge in [0.1, 0.15) is 6.10 Å². The van der Waals surface area contributed by atoms with E-state index in [2.05, 4.69) is 27.7 Å². The standard InChI is InChI=1S/C20H35NO3/c1-15-10-9-12-18(22)21(6)13-8-7-11-16(2)19(23)24-17(14-15)20(3,4)5/h8,13,15-17H,7,9-12,14H2,1-6H3/b13-8+/t15-,16-,17-/m1/s1. The van der Waals surface area contributed by atoms with Gasteiger partial charge < -0.3 is 9.64 Å². The molecule has 1 aliphatic heterocycles. The van der Waals surface area contributed by atoms with E-state index in [0.717, 1.165) is 32.1 Å². The summed E-state index contributed by atoms with van der Waals surface area (Å²) in [4.78, 5) is 26.2. The Balaban J connectivity index is 2.86. The Hall–Kier alpha value is -1.32. The maximum Gasteiger partial charge on any atom is 0.308 e. The van der Waals surface area contributed by atoms with E-state index < -0.39 is 0 Å². The first-order valence-electron chi connectivity index (χ1n) is 9.24. The number of rotatable bonds is 0. The molecule has 0 fully saturated rings. The van der Waals surface area contributed by atoms with Gasteiger partial charge in [0.2, 0.25) is 5.91 Å². The lowest BCUT2D eigenvalue weighted by atomic mass is 9.82. The molecule has 24 heavy (non-hydrogen) atoms. The Morgan fingerprint density at radius 1 is 1.17 bits per heavy atom. The van der Waals surface area contributed by atoms with Crippen LogP contribution in [-0.4, -0.2) is 29.9 Å². The molecule has 138 valence electrons. The van der Waals surface area contributed by atoms with Crippen LogP contribution in [0.1, 0.15) is 73.1 Å². The normalized spacial score (nSPS) is 30.2. The van der Waals surface area contributed by atoms with Crippen molar-refractivity contribution in [1.29, 1.82) is 0 Å². The number of hydrogen-bond donors (Lipinski definition) is 0. The first-order chi connectivity index (χ1) is 11.1. The van der Waals surface area contributed by atoms with Crippen LogP contribution in [-0.2, 0) is 14.3 Å². The van der Waals surface area contributed by atoms with Crippen molar-refractivity contribution >= 4 is 11.9 Å². The van der Waals surface area contributed by atoms with Crippen LogP contribution in [0.5, 0.6) is 0 Å². The summed E-state index contributed by atoms with van der Waals surface area (Å²) < 4.78 is 5.88. The van der Waals surface area contributed by atoms with Gasteiger partial charge in [0, 0.05) is 19.7 Å². The first-order valence-corrected chi connectivity index (χ1v) is 9.24. The van der Waals surface area contributed by atoms with Gasteiger partial charge in [0.05, 0.1) is 5.92 Å². The smallest absolute Gasteiger partial charge is 0.308 e. The van der Waals surface area contributed by atoms with Gasteiger partial charge in [-0.15, -0.1) is 0 Å². The van der Waals surface area contributed by atoms with Gasteiger partial charge in [-0.2, -0.15) is 0 Å². The van der Waals surface area contributed by atoms with Crippen LogP contribution in [0.15, 0.2) is 12.3 Å². The van der Waals surface area contributed by atoms with Crippen molar-refractivity contribution in [1.82, 2.24) is 4.90 Å². The molecule has 4 heteroatoms. The van der Waals surface area contributed by atoms with E-state index in [4.69, 9.17) is 4.74 Å². The number of ether oxygens (including phenoxy) is 1. The van der Waals surface area contributed by atoms with Crippen molar-refractivity contribution in [2.24, 2.45) is 17.3 Å². The van der Waals surface area contributed by atoms with Crippen molar-refractivity contribution < 1.29 is 14.3 Å². The Kier molecular flexibility index (Phi) is 7.98. The topological polar surface area (TPSA) is 46.6 Å². The van der Waals surface area contributed by atoms with Gasteiger partial charge in [0.15, 0.2) is 0 Å². The average molecular weight is 338 g/mol. The van der Waals surface area contributed by atoms with E-state index in [1.165, 1.54) is 0 Å². The lowest BCUT2D eigenvalue weighted by Crippen LogP contribution is -2.35. The second-order valence-corrected chi connectivity index (χ2v) is 8.39. The summed E-state index contributed by atoms with van der Waals surface area (Å²) in [6.45, 7) is 10.5. The van der Waals surface area contributed by atoms with Gasteiger partial charge >= 0.3 is 5.97 Å². The Bertz CT molecular complexity index is 450. The molecule has 0 radical (unpaired) electrons. The molecule has 0 bridgehead atoms. The summed E-state index contributed by atoms with van der Waals surface area (Å²) in [6.07, 6.45) is 8.48. The van der Waals surface area contributed by atoms with Gasteiger partial charge in [-0.1, -0.05) is 47.1 Å². The molecule has 0 saturated carbocycles. The summed E-state index contributed by atoms with van der Waals surface area (Å²) in [5.74, 6) is 0.355. The number of cyclic esters (lactones) is 1. The summed E-state index contributed by atoms with van der Waals surface area (Å²) in [7, 11) is 1.80. The molecule has 1 rings (SSSR count). The molecule has 1 aliphatic rings. The molecule has 0 aromatic heterocycles. The second kappa shape index (κ2) is 9.24. The van der Waals surface area contributed by atoms with Crippen LogP contribution >= 0.6 is 0 Å². The molecule has 0 aliphatic carbocycles. The highest BCUT2D eigenvalue weighted by Gasteiger charge is 2.31. The Morgan fingerprint density at radius 3 is 2.46 bits per heavy atom. The van der Waals surface area contributed by atoms with Crippen LogP contribution in [0.25, 0.3) is 0 Å². The fourth-order valence-electron chi connectivity index (χ4n) is 2.88. The third-order valence-electron chi connectivity index (χ3n) is 4.82. The highest BCUT2D eigenvalue weighted by Crippen LogP contribution is 2.30. The van der Waals surface area contributed by atoms with Crippen LogP contribution in [0, 0.1) is 17.3 Å². The molecule has 0 unspecified atom stereocenters. The molecule has 3 atom stereocenters. The molecular formula is C20H35NO3. The SMILES string of the molecule is C[C@@H]1CCCC(=O)N(C)/C=C/CC[C@@H](C)C(=O)O[C@@H](C(C)(C)C)C1. The van der Waals surface area contributed by atoms with Crippen LogP contribution in [0.3, 0.4) is 0 Å². The van der Waals surface area contributed by atoms with E-state index in [-0.39, 0.29) is 29.3 Å². The van der Waals surface area contributed by atoms with E-state index in [1.54, 1.807) is 11.9 Å². The summed E-state index contributed by atoms with van der Waals surface area (Å²) in [5.41, 5.74) is -0.0759. The van der Waals surface area contributed by atoms with Crippen molar-refractivity contribution in [3.8, 4) is 0 Å². The van der Waals surface area contributed by atoms with Crippen LogP contribution in [0.2, 0.25) is 0 Å². The quantitative estimate of drug-likeness (QED) is 0.610. The van der Waals surface area contributed by atoms with Crippen LogP contribution in [0.4, 0.5) is 0 Å². The van der Waals surface area contributed by atoms with E-state index >= 15 is 0 Å². The van der Waals surface area contributed by atoms with Gasteiger partial charge in [0.25, 0.3) is 0 Å². The molecule has 4 nitrogen and oxygen atoms in total. The van der Waals surface area contributed by atoms with E-state index in [1.807, 2.05) is 19.2 Å². The summed E-state index contributed by atoms with van der Waals surface area (Å²) in [5, 5.41) is 0. The third kappa shape index (κ3) is 7.06. The largest absolute Gasteiger partial charge is 0.462 e. The number of carbonyl (C=O) groups is 2. The highest BCUT2D eigenvalue weighted by atomic mass is 16.5. The molecule has 0 spiro atoms. The zero-order valence-electron chi connectivity index (χ0n) is 16.3. The molecular weight excluding hydrogens is 302 g/mol. The minimum absolute atomic E-state index is 0.0759. The second-order valence-electron chi connectivity index (χ2n) is 8.39. The molecule has 0 saturated heterocycles. The predicted octanol–water partition coefficient (Wildman–Crippen LogP) is 4.54. The maximum atomic E-state index is 12.4. The molecule has 0 aromatic rings. The average Bonchev–Trinajstić information content (AvgIpc) is 2.48. The number of carbonyl (C=O) groups excluding carboxylic acids is 2. The lowest BCUT2D eigenvalue weighted by molar-refractivity contribution is -0.160. The monoisotopic (exact) mass is 337 g/mol. The third-order valence-corrected chi connectivity index (χ3v) is 4.82. The van der Waals surface area contributed by atoms with Gasteiger partial charge in [-0.3, -0.25) is 9.59 Å². The lowest BCUT2D eigenvalue weighted by Gasteiger charge is -2.33. The summed E-state index contributed by atoms with van der Waals surface area (Å²) in [6, 6.07) is 0. The van der Waals surface area contributed by atoms with Crippen LogP contribution < -0.4 is 0 Å². The number of nitrogens with zero attached hydrogens (tertiary/aromatic N) is 1. The minimum atomic E-state index is -0.124. The molecule has 0 aromatic carbocycles. The van der Waals surface area contributed by atoms with Gasteiger partial charge in [-0.05, 0) is 37.0 Å². The van der Waals surface area contributed by atoms with Crippen molar-refractivity contribution in [2.75, 3.05) is 7.05 Å². The molecule has 1 heterocycles. The Labute approximate surface area is 147 Å². The number of allylic oxidation sites excluding steroid dienone is 1. The highest BCUT2D eigenvalue weighted by molar-refractivity contribution is 5.76. The zero-order valence-corrected chi connectivity index (χ0v) is 16.3. The number of esters is 1. The predicted molar refractivity (Wildman–Crippen MR) is 97.3 cm³/mol. The number of hydrogen-bond acceptors (Lipinski definition) is 3. The Morgan fingerprint density at radius 2 is 1.83 bits per heavy atom. The zero-order chi connectivity index (χ0) is 18.3. The molecule has 0 N–H and O–H groups in total. The number of amides is 1. The summed E-state index contributed by atoms with van der Waals surface area (Å²) >= 11 is 0. The van der Waals surface area contributed by atoms with E-state index in [9.17, 15) is 9.59 Å². The van der Waals surface area contributed by atoms with Crippen molar-refractivity contribution in [2.45, 2.75) is 79.2 Å². The van der Waals surface area contributed by atoms with E-state index in [0.29, 0.717) is 12.3 Å². The van der Waals surface area contributed by atoms with Gasteiger partial charge in [-0.25, -0.2) is 0 Å². The first kappa shape index (κ1) is 20.7. The fourth-order valence-corrected chi connectivity index (χ4v) is 2.88.